The van der Waals surface area contributed by atoms with Gasteiger partial charge < -0.3 is 25.2 Å². The Morgan fingerprint density at radius 2 is 2.08 bits per heavy atom. The number of pyridine rings is 1. The standard InChI is InChI=1S/C17H23N5O3/c1-11-7-12(9-23)19-8-14(11)22-16-15(24-2)17(21-10-20-16)25-13-3-5-18-6-4-13/h7-8,10,13,18,23H,3-6,9H2,1-2H3,(H,20,21,22). The van der Waals surface area contributed by atoms with Gasteiger partial charge in [-0.1, -0.05) is 0 Å². The third kappa shape index (κ3) is 4.15. The van der Waals surface area contributed by atoms with Crippen molar-refractivity contribution in [1.29, 1.82) is 0 Å². The molecule has 8 nitrogen and oxygen atoms in total. The third-order valence-corrected chi connectivity index (χ3v) is 4.12. The summed E-state index contributed by atoms with van der Waals surface area (Å²) >= 11 is 0. The van der Waals surface area contributed by atoms with E-state index in [-0.39, 0.29) is 12.7 Å². The molecular weight excluding hydrogens is 322 g/mol. The fraction of sp³-hybridized carbons (Fsp3) is 0.471. The maximum Gasteiger partial charge on any atom is 0.262 e. The molecule has 25 heavy (non-hydrogen) atoms. The largest absolute Gasteiger partial charge is 0.489 e. The molecule has 3 N–H and O–H groups in total. The molecule has 0 unspecified atom stereocenters. The van der Waals surface area contributed by atoms with E-state index in [0.717, 1.165) is 37.2 Å². The first-order valence-corrected chi connectivity index (χ1v) is 8.31. The van der Waals surface area contributed by atoms with Crippen LogP contribution in [-0.4, -0.2) is 46.4 Å². The fourth-order valence-electron chi connectivity index (χ4n) is 2.74. The van der Waals surface area contributed by atoms with Gasteiger partial charge in [0.15, 0.2) is 5.82 Å². The van der Waals surface area contributed by atoms with Gasteiger partial charge in [-0.15, -0.1) is 0 Å². The van der Waals surface area contributed by atoms with Crippen LogP contribution >= 0.6 is 0 Å². The second-order valence-corrected chi connectivity index (χ2v) is 5.90. The van der Waals surface area contributed by atoms with Crippen molar-refractivity contribution in [2.45, 2.75) is 32.5 Å². The molecule has 2 aromatic heterocycles. The minimum atomic E-state index is -0.0911. The van der Waals surface area contributed by atoms with Crippen LogP contribution in [0.4, 0.5) is 11.5 Å². The molecule has 3 heterocycles. The predicted molar refractivity (Wildman–Crippen MR) is 93.3 cm³/mol. The Morgan fingerprint density at radius 3 is 2.76 bits per heavy atom. The molecule has 0 radical (unpaired) electrons. The van der Waals surface area contributed by atoms with E-state index < -0.39 is 0 Å². The van der Waals surface area contributed by atoms with E-state index in [1.54, 1.807) is 13.3 Å². The molecule has 0 bridgehead atoms. The lowest BCUT2D eigenvalue weighted by Crippen LogP contribution is -2.34. The summed E-state index contributed by atoms with van der Waals surface area (Å²) in [5.41, 5.74) is 2.34. The summed E-state index contributed by atoms with van der Waals surface area (Å²) < 4.78 is 11.5. The van der Waals surface area contributed by atoms with E-state index in [1.807, 2.05) is 13.0 Å². The Kier molecular flexibility index (Phi) is 5.62. The van der Waals surface area contributed by atoms with Crippen molar-refractivity contribution in [2.24, 2.45) is 0 Å². The molecule has 1 aliphatic rings. The fourth-order valence-corrected chi connectivity index (χ4v) is 2.74. The molecule has 1 fully saturated rings. The molecule has 8 heteroatoms. The molecule has 3 rings (SSSR count). The van der Waals surface area contributed by atoms with Gasteiger partial charge in [0.05, 0.1) is 31.3 Å². The summed E-state index contributed by atoms with van der Waals surface area (Å²) in [4.78, 5) is 12.7. The first-order valence-electron chi connectivity index (χ1n) is 8.31. The summed E-state index contributed by atoms with van der Waals surface area (Å²) in [6.45, 7) is 3.71. The predicted octanol–water partition coefficient (Wildman–Crippen LogP) is 1.56. The molecule has 0 spiro atoms. The average molecular weight is 345 g/mol. The Morgan fingerprint density at radius 1 is 1.28 bits per heavy atom. The smallest absolute Gasteiger partial charge is 0.262 e. The maximum absolute atomic E-state index is 9.17. The molecule has 134 valence electrons. The van der Waals surface area contributed by atoms with Gasteiger partial charge in [0.1, 0.15) is 12.4 Å². The molecule has 0 saturated carbocycles. The van der Waals surface area contributed by atoms with Crippen molar-refractivity contribution >= 4 is 11.5 Å². The molecule has 1 saturated heterocycles. The van der Waals surface area contributed by atoms with Gasteiger partial charge in [-0.2, -0.15) is 4.98 Å². The number of nitrogens with zero attached hydrogens (tertiary/aromatic N) is 3. The number of hydrogen-bond donors (Lipinski definition) is 3. The monoisotopic (exact) mass is 345 g/mol. The number of aliphatic hydroxyl groups excluding tert-OH is 1. The van der Waals surface area contributed by atoms with Crippen molar-refractivity contribution in [3.8, 4) is 11.6 Å². The lowest BCUT2D eigenvalue weighted by atomic mass is 10.1. The highest BCUT2D eigenvalue weighted by Crippen LogP contribution is 2.34. The van der Waals surface area contributed by atoms with E-state index in [4.69, 9.17) is 9.47 Å². The number of hydrogen-bond acceptors (Lipinski definition) is 8. The van der Waals surface area contributed by atoms with Crippen LogP contribution in [-0.2, 0) is 6.61 Å². The van der Waals surface area contributed by atoms with Gasteiger partial charge in [0.2, 0.25) is 5.75 Å². The first-order chi connectivity index (χ1) is 12.2. The summed E-state index contributed by atoms with van der Waals surface area (Å²) in [6.07, 6.45) is 5.09. The Balaban J connectivity index is 1.82. The van der Waals surface area contributed by atoms with Gasteiger partial charge in [-0.3, -0.25) is 4.98 Å². The molecule has 0 aromatic carbocycles. The number of ether oxygens (including phenoxy) is 2. The lowest BCUT2D eigenvalue weighted by molar-refractivity contribution is 0.149. The van der Waals surface area contributed by atoms with Crippen LogP contribution in [0.5, 0.6) is 11.6 Å². The molecule has 0 amide bonds. The Bertz CT molecular complexity index is 719. The van der Waals surface area contributed by atoms with Gasteiger partial charge >= 0.3 is 0 Å². The zero-order chi connectivity index (χ0) is 17.6. The normalized spacial score (nSPS) is 15.0. The van der Waals surface area contributed by atoms with Crippen LogP contribution in [0.25, 0.3) is 0 Å². The van der Waals surface area contributed by atoms with E-state index in [1.165, 1.54) is 6.33 Å². The van der Waals surface area contributed by atoms with Gasteiger partial charge in [-0.05, 0) is 44.5 Å². The number of aromatic nitrogens is 3. The Hall–Kier alpha value is -2.45. The van der Waals surface area contributed by atoms with Crippen molar-refractivity contribution < 1.29 is 14.6 Å². The quantitative estimate of drug-likeness (QED) is 0.725. The number of methoxy groups -OCH3 is 1. The lowest BCUT2D eigenvalue weighted by Gasteiger charge is -2.24. The second-order valence-electron chi connectivity index (χ2n) is 5.90. The number of piperidine rings is 1. The van der Waals surface area contributed by atoms with Crippen LogP contribution in [0.2, 0.25) is 0 Å². The van der Waals surface area contributed by atoms with Crippen molar-refractivity contribution in [1.82, 2.24) is 20.3 Å². The minimum absolute atomic E-state index is 0.0911. The topological polar surface area (TPSA) is 101 Å². The molecule has 1 aliphatic heterocycles. The molecule has 0 aliphatic carbocycles. The maximum atomic E-state index is 9.17. The molecular formula is C17H23N5O3. The highest BCUT2D eigenvalue weighted by atomic mass is 16.5. The molecule has 0 atom stereocenters. The van der Waals surface area contributed by atoms with Gasteiger partial charge in [-0.25, -0.2) is 4.98 Å². The second kappa shape index (κ2) is 8.09. The zero-order valence-corrected chi connectivity index (χ0v) is 14.5. The van der Waals surface area contributed by atoms with Crippen LogP contribution in [0.3, 0.4) is 0 Å². The Labute approximate surface area is 146 Å². The van der Waals surface area contributed by atoms with Crippen molar-refractivity contribution in [3.63, 3.8) is 0 Å². The number of rotatable bonds is 6. The number of nitrogens with one attached hydrogen (secondary N) is 2. The summed E-state index contributed by atoms with van der Waals surface area (Å²) in [6, 6.07) is 1.82. The van der Waals surface area contributed by atoms with Crippen LogP contribution in [0.15, 0.2) is 18.6 Å². The van der Waals surface area contributed by atoms with Crippen molar-refractivity contribution in [2.75, 3.05) is 25.5 Å². The van der Waals surface area contributed by atoms with E-state index >= 15 is 0 Å². The van der Waals surface area contributed by atoms with Crippen LogP contribution < -0.4 is 20.1 Å². The number of aryl methyl sites for hydroxylation is 1. The first kappa shape index (κ1) is 17.4. The van der Waals surface area contributed by atoms with Crippen molar-refractivity contribution in [3.05, 3.63) is 29.8 Å². The SMILES string of the molecule is COc1c(Nc2cnc(CO)cc2C)ncnc1OC1CCNCC1. The van der Waals surface area contributed by atoms with E-state index in [0.29, 0.717) is 23.1 Å². The van der Waals surface area contributed by atoms with Gasteiger partial charge in [0, 0.05) is 0 Å². The summed E-state index contributed by atoms with van der Waals surface area (Å²) in [5.74, 6) is 1.42. The number of anilines is 2. The van der Waals surface area contributed by atoms with Crippen LogP contribution in [0.1, 0.15) is 24.1 Å². The highest BCUT2D eigenvalue weighted by molar-refractivity contribution is 5.66. The minimum Gasteiger partial charge on any atom is -0.489 e. The van der Waals surface area contributed by atoms with E-state index in [2.05, 4.69) is 25.6 Å². The summed E-state index contributed by atoms with van der Waals surface area (Å²) in [7, 11) is 1.57. The average Bonchev–Trinajstić information content (AvgIpc) is 2.64. The van der Waals surface area contributed by atoms with Gasteiger partial charge in [0.25, 0.3) is 5.88 Å². The molecule has 2 aromatic rings. The summed E-state index contributed by atoms with van der Waals surface area (Å²) in [5, 5.41) is 15.7. The van der Waals surface area contributed by atoms with E-state index in [9.17, 15) is 5.11 Å². The van der Waals surface area contributed by atoms with Crippen LogP contribution in [0, 0.1) is 6.92 Å². The third-order valence-electron chi connectivity index (χ3n) is 4.12. The number of aliphatic hydroxyl groups is 1. The zero-order valence-electron chi connectivity index (χ0n) is 14.5. The highest BCUT2D eigenvalue weighted by Gasteiger charge is 2.20.